The molecule has 9 heteroatoms. The zero-order chi connectivity index (χ0) is 26.3. The maximum atomic E-state index is 12.7. The number of carbonyl (C=O) groups is 1. The zero-order valence-corrected chi connectivity index (χ0v) is 20.8. The molecule has 0 bridgehead atoms. The molecular weight excluding hydrogens is 481 g/mol. The molecule has 2 aliphatic heterocycles. The Morgan fingerprint density at radius 2 is 1.73 bits per heavy atom. The number of alkyl halides is 3. The average Bonchev–Trinajstić information content (AvgIpc) is 2.89. The molecule has 0 aromatic heterocycles. The highest BCUT2D eigenvalue weighted by Crippen LogP contribution is 2.32. The lowest BCUT2D eigenvalue weighted by atomic mass is 9.92. The quantitative estimate of drug-likeness (QED) is 0.532. The maximum Gasteiger partial charge on any atom is 0.573 e. The Bertz CT molecular complexity index is 1070. The minimum Gasteiger partial charge on any atom is -0.404 e. The lowest BCUT2D eigenvalue weighted by Crippen LogP contribution is -2.41. The number of amides is 1. The van der Waals surface area contributed by atoms with Gasteiger partial charge in [0.1, 0.15) is 11.8 Å². The summed E-state index contributed by atoms with van der Waals surface area (Å²) < 4.78 is 42.1. The van der Waals surface area contributed by atoms with Crippen molar-refractivity contribution in [1.82, 2.24) is 10.2 Å². The molecule has 0 atom stereocenters. The Hall–Kier alpha value is -3.25. The van der Waals surface area contributed by atoms with Crippen LogP contribution in [0, 0.1) is 23.2 Å². The van der Waals surface area contributed by atoms with Crippen molar-refractivity contribution >= 4 is 11.6 Å². The molecule has 2 heterocycles. The van der Waals surface area contributed by atoms with Gasteiger partial charge in [-0.1, -0.05) is 30.3 Å². The van der Waals surface area contributed by atoms with Crippen LogP contribution in [0.1, 0.15) is 43.2 Å². The van der Waals surface area contributed by atoms with E-state index in [-0.39, 0.29) is 17.4 Å². The standard InChI is InChI=1S/C28H33F3N4O2/c29-28(30,31)37-26-18-25(7-6-24(26)19-32)35-16-11-23(12-17-35)27(36)33-13-8-21-9-14-34(15-10-21)20-22-4-2-1-3-5-22/h1-7,18,21,23H,8-17,20H2,(H,33,36). The highest BCUT2D eigenvalue weighted by molar-refractivity contribution is 5.79. The summed E-state index contributed by atoms with van der Waals surface area (Å²) >= 11 is 0. The van der Waals surface area contributed by atoms with Gasteiger partial charge in [-0.2, -0.15) is 5.26 Å². The van der Waals surface area contributed by atoms with E-state index in [0.717, 1.165) is 38.9 Å². The summed E-state index contributed by atoms with van der Waals surface area (Å²) in [6.45, 7) is 4.93. The summed E-state index contributed by atoms with van der Waals surface area (Å²) in [5, 5.41) is 12.2. The van der Waals surface area contributed by atoms with Gasteiger partial charge < -0.3 is 15.0 Å². The van der Waals surface area contributed by atoms with Crippen molar-refractivity contribution in [2.75, 3.05) is 37.6 Å². The number of rotatable bonds is 8. The molecule has 1 N–H and O–H groups in total. The highest BCUT2D eigenvalue weighted by atomic mass is 19.4. The summed E-state index contributed by atoms with van der Waals surface area (Å²) in [5.74, 6) is 0.0762. The predicted molar refractivity (Wildman–Crippen MR) is 135 cm³/mol. The average molecular weight is 515 g/mol. The van der Waals surface area contributed by atoms with Gasteiger partial charge in [-0.05, 0) is 68.8 Å². The van der Waals surface area contributed by atoms with E-state index in [9.17, 15) is 18.0 Å². The molecule has 2 aromatic rings. The lowest BCUT2D eigenvalue weighted by Gasteiger charge is -2.34. The summed E-state index contributed by atoms with van der Waals surface area (Å²) in [5.41, 5.74) is 1.72. The molecule has 0 spiro atoms. The summed E-state index contributed by atoms with van der Waals surface area (Å²) in [4.78, 5) is 17.1. The van der Waals surface area contributed by atoms with E-state index in [1.165, 1.54) is 17.7 Å². The Labute approximate surface area is 216 Å². The summed E-state index contributed by atoms with van der Waals surface area (Å²) in [6, 6.07) is 16.4. The molecule has 0 saturated carbocycles. The predicted octanol–water partition coefficient (Wildman–Crippen LogP) is 5.09. The van der Waals surface area contributed by atoms with Crippen LogP contribution in [0.2, 0.25) is 0 Å². The monoisotopic (exact) mass is 514 g/mol. The molecule has 0 radical (unpaired) electrons. The van der Waals surface area contributed by atoms with Crippen molar-refractivity contribution < 1.29 is 22.7 Å². The first-order valence-corrected chi connectivity index (χ1v) is 12.9. The van der Waals surface area contributed by atoms with E-state index in [1.807, 2.05) is 11.0 Å². The Kier molecular flexibility index (Phi) is 8.93. The number of benzene rings is 2. The Morgan fingerprint density at radius 1 is 1.03 bits per heavy atom. The van der Waals surface area contributed by atoms with Crippen molar-refractivity contribution in [3.05, 3.63) is 59.7 Å². The maximum absolute atomic E-state index is 12.7. The SMILES string of the molecule is N#Cc1ccc(N2CCC(C(=O)NCCC3CCN(Cc4ccccc4)CC3)CC2)cc1OC(F)(F)F. The van der Waals surface area contributed by atoms with Crippen molar-refractivity contribution in [2.24, 2.45) is 11.8 Å². The second-order valence-electron chi connectivity index (χ2n) is 9.89. The van der Waals surface area contributed by atoms with E-state index < -0.39 is 12.1 Å². The third kappa shape index (κ3) is 7.86. The van der Waals surface area contributed by atoms with Crippen LogP contribution in [0.3, 0.4) is 0 Å². The van der Waals surface area contributed by atoms with E-state index in [1.54, 1.807) is 12.1 Å². The fraction of sp³-hybridized carbons (Fsp3) is 0.500. The van der Waals surface area contributed by atoms with Gasteiger partial charge in [-0.25, -0.2) is 0 Å². The normalized spacial score (nSPS) is 17.8. The molecule has 2 aliphatic rings. The number of nitriles is 1. The van der Waals surface area contributed by atoms with Crippen molar-refractivity contribution in [3.8, 4) is 11.8 Å². The first kappa shape index (κ1) is 26.8. The van der Waals surface area contributed by atoms with E-state index >= 15 is 0 Å². The fourth-order valence-electron chi connectivity index (χ4n) is 5.23. The third-order valence-electron chi connectivity index (χ3n) is 7.35. The highest BCUT2D eigenvalue weighted by Gasteiger charge is 2.33. The van der Waals surface area contributed by atoms with Crippen molar-refractivity contribution in [1.29, 1.82) is 5.26 Å². The number of carbonyl (C=O) groups excluding carboxylic acids is 1. The van der Waals surface area contributed by atoms with Gasteiger partial charge in [0.2, 0.25) is 5.91 Å². The molecule has 4 rings (SSSR count). The minimum atomic E-state index is -4.87. The van der Waals surface area contributed by atoms with Crippen LogP contribution < -0.4 is 15.0 Å². The molecule has 2 fully saturated rings. The molecule has 198 valence electrons. The van der Waals surface area contributed by atoms with Crippen LogP contribution >= 0.6 is 0 Å². The van der Waals surface area contributed by atoms with Gasteiger partial charge >= 0.3 is 6.36 Å². The van der Waals surface area contributed by atoms with Crippen LogP contribution in [0.4, 0.5) is 18.9 Å². The van der Waals surface area contributed by atoms with E-state index in [0.29, 0.717) is 44.1 Å². The van der Waals surface area contributed by atoms with Gasteiger partial charge in [0, 0.05) is 43.9 Å². The van der Waals surface area contributed by atoms with Crippen molar-refractivity contribution in [3.63, 3.8) is 0 Å². The number of ether oxygens (including phenoxy) is 1. The van der Waals surface area contributed by atoms with E-state index in [4.69, 9.17) is 5.26 Å². The largest absolute Gasteiger partial charge is 0.573 e. The van der Waals surface area contributed by atoms with Gasteiger partial charge in [0.25, 0.3) is 0 Å². The summed E-state index contributed by atoms with van der Waals surface area (Å²) in [7, 11) is 0. The van der Waals surface area contributed by atoms with Crippen molar-refractivity contribution in [2.45, 2.75) is 45.0 Å². The number of nitrogens with zero attached hydrogens (tertiary/aromatic N) is 3. The molecule has 2 saturated heterocycles. The molecular formula is C28H33F3N4O2. The van der Waals surface area contributed by atoms with Crippen LogP contribution in [0.25, 0.3) is 0 Å². The van der Waals surface area contributed by atoms with Crippen LogP contribution in [0.15, 0.2) is 48.5 Å². The van der Waals surface area contributed by atoms with Crippen LogP contribution in [0.5, 0.6) is 5.75 Å². The molecule has 6 nitrogen and oxygen atoms in total. The number of hydrogen-bond donors (Lipinski definition) is 1. The van der Waals surface area contributed by atoms with Crippen LogP contribution in [-0.2, 0) is 11.3 Å². The number of likely N-dealkylation sites (tertiary alicyclic amines) is 1. The van der Waals surface area contributed by atoms with Gasteiger partial charge in [0.05, 0.1) is 5.56 Å². The first-order chi connectivity index (χ1) is 17.8. The second-order valence-corrected chi connectivity index (χ2v) is 9.89. The first-order valence-electron chi connectivity index (χ1n) is 12.9. The number of nitrogens with one attached hydrogen (secondary N) is 1. The van der Waals surface area contributed by atoms with Gasteiger partial charge in [0.15, 0.2) is 0 Å². The molecule has 37 heavy (non-hydrogen) atoms. The molecule has 1 amide bonds. The van der Waals surface area contributed by atoms with Crippen LogP contribution in [-0.4, -0.2) is 49.9 Å². The number of halogens is 3. The second kappa shape index (κ2) is 12.3. The Balaban J connectivity index is 1.17. The third-order valence-corrected chi connectivity index (χ3v) is 7.35. The summed E-state index contributed by atoms with van der Waals surface area (Å²) in [6.07, 6.45) is -0.346. The number of anilines is 1. The lowest BCUT2D eigenvalue weighted by molar-refractivity contribution is -0.274. The topological polar surface area (TPSA) is 68.6 Å². The smallest absolute Gasteiger partial charge is 0.404 e. The number of piperidine rings is 2. The zero-order valence-electron chi connectivity index (χ0n) is 20.8. The minimum absolute atomic E-state index is 0.0575. The van der Waals surface area contributed by atoms with Gasteiger partial charge in [-0.15, -0.1) is 13.2 Å². The Morgan fingerprint density at radius 3 is 2.38 bits per heavy atom. The number of hydrogen-bond acceptors (Lipinski definition) is 5. The molecule has 2 aromatic carbocycles. The van der Waals surface area contributed by atoms with E-state index in [2.05, 4.69) is 39.2 Å². The fourth-order valence-corrected chi connectivity index (χ4v) is 5.23. The molecule has 0 unspecified atom stereocenters. The van der Waals surface area contributed by atoms with Gasteiger partial charge in [-0.3, -0.25) is 9.69 Å². The molecule has 0 aliphatic carbocycles.